The van der Waals surface area contributed by atoms with Crippen LogP contribution in [0.4, 0.5) is 0 Å². The summed E-state index contributed by atoms with van der Waals surface area (Å²) in [7, 11) is 0. The zero-order chi connectivity index (χ0) is 30.1. The molecule has 1 fully saturated rings. The van der Waals surface area contributed by atoms with Crippen LogP contribution in [0.25, 0.3) is 11.0 Å². The van der Waals surface area contributed by atoms with E-state index in [1.54, 1.807) is 18.2 Å². The van der Waals surface area contributed by atoms with Gasteiger partial charge in [0.1, 0.15) is 30.7 Å². The minimum atomic E-state index is -1.19. The van der Waals surface area contributed by atoms with Gasteiger partial charge in [0.25, 0.3) is 0 Å². The van der Waals surface area contributed by atoms with Crippen molar-refractivity contribution in [2.45, 2.75) is 78.0 Å². The third-order valence-electron chi connectivity index (χ3n) is 6.14. The monoisotopic (exact) mass is 574 g/mol. The van der Waals surface area contributed by atoms with E-state index in [-0.39, 0.29) is 13.2 Å². The van der Waals surface area contributed by atoms with Crippen molar-refractivity contribution in [1.82, 2.24) is 0 Å². The van der Waals surface area contributed by atoms with E-state index < -0.39 is 60.0 Å². The summed E-state index contributed by atoms with van der Waals surface area (Å²) in [5, 5.41) is 0.817. The van der Waals surface area contributed by atoms with Crippen molar-refractivity contribution in [2.24, 2.45) is 0 Å². The van der Waals surface area contributed by atoms with Gasteiger partial charge in [0, 0.05) is 45.2 Å². The standard InChI is InChI=1S/C29H34O12/c1-16-13-26(34)41-24-14-21(10-11-22(16)24)35-12-8-6-7-9-23-27(37-18(3)31)29(39-20(5)33)28(38-19(4)32)25(40-23)15-36-17(2)30/h6,8,10-11,13-14,23,25,27-29H,7,9,12,15H2,1-5H3/b8-6+. The lowest BCUT2D eigenvalue weighted by molar-refractivity contribution is -0.253. The summed E-state index contributed by atoms with van der Waals surface area (Å²) in [6.07, 6.45) is -0.852. The van der Waals surface area contributed by atoms with Crippen molar-refractivity contribution >= 4 is 34.8 Å². The van der Waals surface area contributed by atoms with Gasteiger partial charge >= 0.3 is 29.5 Å². The van der Waals surface area contributed by atoms with Crippen molar-refractivity contribution < 1.29 is 52.0 Å². The minimum absolute atomic E-state index is 0.222. The van der Waals surface area contributed by atoms with Crippen LogP contribution < -0.4 is 10.4 Å². The number of carbonyl (C=O) groups is 4. The van der Waals surface area contributed by atoms with Crippen LogP contribution in [0, 0.1) is 6.92 Å². The Kier molecular flexibility index (Phi) is 11.0. The van der Waals surface area contributed by atoms with Crippen LogP contribution in [0.5, 0.6) is 5.75 Å². The van der Waals surface area contributed by atoms with E-state index in [2.05, 4.69) is 0 Å². The number of fused-ring (bicyclic) bond motifs is 1. The second-order valence-electron chi connectivity index (χ2n) is 9.50. The largest absolute Gasteiger partial charge is 0.489 e. The number of allylic oxidation sites excluding steroid dienone is 1. The van der Waals surface area contributed by atoms with Crippen LogP contribution in [0.2, 0.25) is 0 Å². The van der Waals surface area contributed by atoms with Gasteiger partial charge in [-0.3, -0.25) is 19.2 Å². The molecule has 3 rings (SSSR count). The van der Waals surface area contributed by atoms with Gasteiger partial charge in [-0.25, -0.2) is 4.79 Å². The number of benzene rings is 1. The van der Waals surface area contributed by atoms with Gasteiger partial charge in [-0.2, -0.15) is 0 Å². The summed E-state index contributed by atoms with van der Waals surface area (Å²) in [4.78, 5) is 58.8. The second kappa shape index (κ2) is 14.4. The molecule has 2 aromatic rings. The lowest BCUT2D eigenvalue weighted by Crippen LogP contribution is -2.62. The first-order chi connectivity index (χ1) is 19.4. The predicted octanol–water partition coefficient (Wildman–Crippen LogP) is 2.94. The molecule has 0 N–H and O–H groups in total. The van der Waals surface area contributed by atoms with E-state index in [1.807, 2.05) is 19.1 Å². The third-order valence-corrected chi connectivity index (χ3v) is 6.14. The highest BCUT2D eigenvalue weighted by Gasteiger charge is 2.51. The molecule has 0 amide bonds. The Morgan fingerprint density at radius 1 is 0.829 bits per heavy atom. The summed E-state index contributed by atoms with van der Waals surface area (Å²) in [5.74, 6) is -2.07. The molecule has 0 saturated carbocycles. The molecule has 1 aliphatic rings. The zero-order valence-corrected chi connectivity index (χ0v) is 23.6. The SMILES string of the molecule is CC(=O)OCC1OC(CC/C=C/COc2ccc3c(C)cc(=O)oc3c2)C(OC(C)=O)C(OC(C)=O)C1OC(C)=O. The lowest BCUT2D eigenvalue weighted by Gasteiger charge is -2.44. The fourth-order valence-electron chi connectivity index (χ4n) is 4.54. The van der Waals surface area contributed by atoms with Crippen molar-refractivity contribution in [3.63, 3.8) is 0 Å². The summed E-state index contributed by atoms with van der Waals surface area (Å²) in [5.41, 5.74) is 0.805. The van der Waals surface area contributed by atoms with Gasteiger partial charge in [-0.1, -0.05) is 12.2 Å². The van der Waals surface area contributed by atoms with E-state index in [0.717, 1.165) is 10.9 Å². The molecule has 0 aliphatic carbocycles. The molecular formula is C29H34O12. The Labute approximate surface area is 236 Å². The molecule has 222 valence electrons. The molecular weight excluding hydrogens is 540 g/mol. The highest BCUT2D eigenvalue weighted by molar-refractivity contribution is 5.81. The maximum atomic E-state index is 11.9. The van der Waals surface area contributed by atoms with Gasteiger partial charge in [0.2, 0.25) is 0 Å². The quantitative estimate of drug-likeness (QED) is 0.168. The first-order valence-electron chi connectivity index (χ1n) is 13.1. The van der Waals surface area contributed by atoms with Gasteiger partial charge in [-0.15, -0.1) is 0 Å². The van der Waals surface area contributed by atoms with E-state index >= 15 is 0 Å². The molecule has 0 spiro atoms. The number of ether oxygens (including phenoxy) is 6. The van der Waals surface area contributed by atoms with Crippen molar-refractivity contribution in [2.75, 3.05) is 13.2 Å². The number of esters is 4. The fraction of sp³-hybridized carbons (Fsp3) is 0.483. The Bertz CT molecular complexity index is 1340. The van der Waals surface area contributed by atoms with E-state index in [0.29, 0.717) is 24.2 Å². The van der Waals surface area contributed by atoms with Crippen molar-refractivity contribution in [1.29, 1.82) is 0 Å². The van der Waals surface area contributed by atoms with Gasteiger partial charge < -0.3 is 32.8 Å². The van der Waals surface area contributed by atoms with E-state index in [4.69, 9.17) is 32.8 Å². The highest BCUT2D eigenvalue weighted by Crippen LogP contribution is 2.31. The molecule has 1 aromatic heterocycles. The number of carbonyl (C=O) groups excluding carboxylic acids is 4. The van der Waals surface area contributed by atoms with Crippen LogP contribution >= 0.6 is 0 Å². The van der Waals surface area contributed by atoms with Crippen molar-refractivity contribution in [3.05, 3.63) is 52.4 Å². The molecule has 2 heterocycles. The molecule has 5 unspecified atom stereocenters. The Balaban J connectivity index is 1.70. The molecule has 1 aromatic carbocycles. The maximum Gasteiger partial charge on any atom is 0.336 e. The molecule has 0 radical (unpaired) electrons. The number of hydrogen-bond acceptors (Lipinski definition) is 12. The Morgan fingerprint density at radius 3 is 2.10 bits per heavy atom. The van der Waals surface area contributed by atoms with Crippen molar-refractivity contribution in [3.8, 4) is 5.75 Å². The average molecular weight is 575 g/mol. The summed E-state index contributed by atoms with van der Waals surface area (Å²) in [6.45, 7) is 6.53. The number of rotatable bonds is 11. The molecule has 0 bridgehead atoms. The smallest absolute Gasteiger partial charge is 0.336 e. The molecule has 1 aliphatic heterocycles. The topological polar surface area (TPSA) is 154 Å². The van der Waals surface area contributed by atoms with Gasteiger partial charge in [-0.05, 0) is 37.5 Å². The fourth-order valence-corrected chi connectivity index (χ4v) is 4.54. The van der Waals surface area contributed by atoms with Crippen LogP contribution in [-0.2, 0) is 42.9 Å². The first kappa shape index (κ1) is 31.3. The summed E-state index contributed by atoms with van der Waals surface area (Å²) >= 11 is 0. The first-order valence-corrected chi connectivity index (χ1v) is 13.1. The van der Waals surface area contributed by atoms with Gasteiger partial charge in [0.05, 0.1) is 6.10 Å². The predicted molar refractivity (Wildman–Crippen MR) is 143 cm³/mol. The highest BCUT2D eigenvalue weighted by atomic mass is 16.7. The summed E-state index contributed by atoms with van der Waals surface area (Å²) < 4.78 is 38.4. The maximum absolute atomic E-state index is 11.9. The number of aryl methyl sites for hydroxylation is 1. The van der Waals surface area contributed by atoms with Gasteiger partial charge in [0.15, 0.2) is 18.3 Å². The van der Waals surface area contributed by atoms with E-state index in [1.165, 1.54) is 33.8 Å². The molecule has 1 saturated heterocycles. The van der Waals surface area contributed by atoms with Crippen LogP contribution in [-0.4, -0.2) is 67.6 Å². The Morgan fingerprint density at radius 2 is 1.46 bits per heavy atom. The molecule has 5 atom stereocenters. The van der Waals surface area contributed by atoms with Crippen LogP contribution in [0.3, 0.4) is 0 Å². The number of hydrogen-bond donors (Lipinski definition) is 0. The Hall–Kier alpha value is -4.19. The van der Waals surface area contributed by atoms with E-state index in [9.17, 15) is 24.0 Å². The third kappa shape index (κ3) is 9.17. The normalized spacial score (nSPS) is 22.2. The molecule has 41 heavy (non-hydrogen) atoms. The average Bonchev–Trinajstić information content (AvgIpc) is 2.87. The van der Waals surface area contributed by atoms with Crippen LogP contribution in [0.1, 0.15) is 46.1 Å². The minimum Gasteiger partial charge on any atom is -0.489 e. The summed E-state index contributed by atoms with van der Waals surface area (Å²) in [6, 6.07) is 6.67. The zero-order valence-electron chi connectivity index (χ0n) is 23.6. The molecule has 12 heteroatoms. The molecule has 12 nitrogen and oxygen atoms in total. The van der Waals surface area contributed by atoms with Crippen LogP contribution in [0.15, 0.2) is 45.6 Å². The second-order valence-corrected chi connectivity index (χ2v) is 9.50. The lowest BCUT2D eigenvalue weighted by atomic mass is 9.92.